The summed E-state index contributed by atoms with van der Waals surface area (Å²) in [4.78, 5) is 4.08. The van der Waals surface area contributed by atoms with E-state index in [9.17, 15) is 8.42 Å². The SMILES string of the molecule is Cc1ccc(N)cc1S(=O)(=O)Nc1ccccn1. The molecule has 0 saturated carbocycles. The van der Waals surface area contributed by atoms with Gasteiger partial charge in [0.1, 0.15) is 5.82 Å². The summed E-state index contributed by atoms with van der Waals surface area (Å²) in [5.41, 5.74) is 6.65. The number of nitrogens with one attached hydrogen (secondary N) is 1. The van der Waals surface area contributed by atoms with E-state index in [0.29, 0.717) is 11.3 Å². The Morgan fingerprint density at radius 1 is 1.22 bits per heavy atom. The van der Waals surface area contributed by atoms with Crippen LogP contribution in [0, 0.1) is 6.92 Å². The van der Waals surface area contributed by atoms with E-state index in [1.165, 1.54) is 12.3 Å². The van der Waals surface area contributed by atoms with Gasteiger partial charge in [-0.25, -0.2) is 13.4 Å². The number of sulfonamides is 1. The molecule has 0 saturated heterocycles. The average Bonchev–Trinajstić information content (AvgIpc) is 2.33. The molecule has 0 aliphatic heterocycles. The minimum absolute atomic E-state index is 0.160. The summed E-state index contributed by atoms with van der Waals surface area (Å²) in [6, 6.07) is 9.76. The molecule has 0 fully saturated rings. The summed E-state index contributed by atoms with van der Waals surface area (Å²) in [6.45, 7) is 1.71. The number of aromatic nitrogens is 1. The fraction of sp³-hybridized carbons (Fsp3) is 0.0833. The highest BCUT2D eigenvalue weighted by atomic mass is 32.2. The number of aryl methyl sites for hydroxylation is 1. The number of benzene rings is 1. The number of nitrogens with two attached hydrogens (primary N) is 1. The molecule has 3 N–H and O–H groups in total. The highest BCUT2D eigenvalue weighted by Crippen LogP contribution is 2.20. The average molecular weight is 263 g/mol. The molecule has 0 aliphatic carbocycles. The number of rotatable bonds is 3. The van der Waals surface area contributed by atoms with E-state index >= 15 is 0 Å². The van der Waals surface area contributed by atoms with Crippen LogP contribution in [0.1, 0.15) is 5.56 Å². The third-order valence-corrected chi connectivity index (χ3v) is 3.90. The van der Waals surface area contributed by atoms with Gasteiger partial charge in [0, 0.05) is 11.9 Å². The predicted molar refractivity (Wildman–Crippen MR) is 70.6 cm³/mol. The molecule has 2 rings (SSSR count). The largest absolute Gasteiger partial charge is 0.399 e. The van der Waals surface area contributed by atoms with Crippen molar-refractivity contribution in [2.24, 2.45) is 0 Å². The van der Waals surface area contributed by atoms with Gasteiger partial charge in [0.05, 0.1) is 4.90 Å². The normalized spacial score (nSPS) is 11.2. The van der Waals surface area contributed by atoms with E-state index in [1.807, 2.05) is 0 Å². The van der Waals surface area contributed by atoms with Gasteiger partial charge in [-0.1, -0.05) is 12.1 Å². The number of hydrogen-bond acceptors (Lipinski definition) is 4. The monoisotopic (exact) mass is 263 g/mol. The van der Waals surface area contributed by atoms with Crippen molar-refractivity contribution in [2.75, 3.05) is 10.5 Å². The first-order valence-corrected chi connectivity index (χ1v) is 6.77. The van der Waals surface area contributed by atoms with Gasteiger partial charge in [-0.3, -0.25) is 4.72 Å². The van der Waals surface area contributed by atoms with Gasteiger partial charge in [0.25, 0.3) is 10.0 Å². The number of pyridine rings is 1. The Morgan fingerprint density at radius 2 is 2.00 bits per heavy atom. The van der Waals surface area contributed by atoms with Crippen LogP contribution in [0.15, 0.2) is 47.5 Å². The van der Waals surface area contributed by atoms with Gasteiger partial charge in [-0.05, 0) is 36.8 Å². The Hall–Kier alpha value is -2.08. The van der Waals surface area contributed by atoms with Gasteiger partial charge < -0.3 is 5.73 Å². The van der Waals surface area contributed by atoms with Crippen LogP contribution in [-0.2, 0) is 10.0 Å². The lowest BCUT2D eigenvalue weighted by Gasteiger charge is -2.10. The minimum atomic E-state index is -3.66. The van der Waals surface area contributed by atoms with Crippen LogP contribution in [0.3, 0.4) is 0 Å². The van der Waals surface area contributed by atoms with Crippen LogP contribution in [0.25, 0.3) is 0 Å². The second kappa shape index (κ2) is 4.66. The van der Waals surface area contributed by atoms with Gasteiger partial charge in [0.2, 0.25) is 0 Å². The highest BCUT2D eigenvalue weighted by molar-refractivity contribution is 7.92. The molecule has 0 spiro atoms. The van der Waals surface area contributed by atoms with Crippen molar-refractivity contribution >= 4 is 21.5 Å². The molecule has 0 unspecified atom stereocenters. The zero-order valence-corrected chi connectivity index (χ0v) is 10.6. The summed E-state index contributed by atoms with van der Waals surface area (Å²) >= 11 is 0. The van der Waals surface area contributed by atoms with Gasteiger partial charge in [-0.15, -0.1) is 0 Å². The van der Waals surface area contributed by atoms with Crippen LogP contribution in [0.4, 0.5) is 11.5 Å². The van der Waals surface area contributed by atoms with E-state index in [2.05, 4.69) is 9.71 Å². The molecule has 5 nitrogen and oxygen atoms in total. The lowest BCUT2D eigenvalue weighted by molar-refractivity contribution is 0.600. The van der Waals surface area contributed by atoms with Crippen molar-refractivity contribution in [2.45, 2.75) is 11.8 Å². The van der Waals surface area contributed by atoms with Crippen molar-refractivity contribution in [1.82, 2.24) is 4.98 Å². The van der Waals surface area contributed by atoms with E-state index in [0.717, 1.165) is 0 Å². The molecule has 6 heteroatoms. The first-order chi connectivity index (χ1) is 8.49. The molecule has 2 aromatic rings. The van der Waals surface area contributed by atoms with Crippen LogP contribution < -0.4 is 10.5 Å². The third-order valence-electron chi connectivity index (χ3n) is 2.41. The van der Waals surface area contributed by atoms with E-state index in [4.69, 9.17) is 5.73 Å². The molecule has 0 aliphatic rings. The molecule has 1 aromatic heterocycles. The standard InChI is InChI=1S/C12H13N3O2S/c1-9-5-6-10(13)8-11(9)18(16,17)15-12-4-2-3-7-14-12/h2-8H,13H2,1H3,(H,14,15). The summed E-state index contributed by atoms with van der Waals surface area (Å²) in [5, 5.41) is 0. The predicted octanol–water partition coefficient (Wildman–Crippen LogP) is 1.77. The van der Waals surface area contributed by atoms with Crippen molar-refractivity contribution in [3.63, 3.8) is 0 Å². The molecule has 0 radical (unpaired) electrons. The Labute approximate surface area is 106 Å². The van der Waals surface area contributed by atoms with Gasteiger partial charge >= 0.3 is 0 Å². The van der Waals surface area contributed by atoms with Crippen LogP contribution >= 0.6 is 0 Å². The zero-order valence-electron chi connectivity index (χ0n) is 9.79. The number of nitrogen functional groups attached to an aromatic ring is 1. The number of hydrogen-bond donors (Lipinski definition) is 2. The first kappa shape index (κ1) is 12.4. The van der Waals surface area contributed by atoms with Crippen molar-refractivity contribution in [3.05, 3.63) is 48.2 Å². The molecule has 1 aromatic carbocycles. The van der Waals surface area contributed by atoms with Gasteiger partial charge in [-0.2, -0.15) is 0 Å². The van der Waals surface area contributed by atoms with Crippen molar-refractivity contribution < 1.29 is 8.42 Å². The molecule has 18 heavy (non-hydrogen) atoms. The van der Waals surface area contributed by atoms with Crippen LogP contribution in [0.5, 0.6) is 0 Å². The van der Waals surface area contributed by atoms with E-state index in [1.54, 1.807) is 37.3 Å². The molecule has 0 amide bonds. The number of nitrogens with zero attached hydrogens (tertiary/aromatic N) is 1. The lowest BCUT2D eigenvalue weighted by atomic mass is 10.2. The fourth-order valence-corrected chi connectivity index (χ4v) is 2.81. The van der Waals surface area contributed by atoms with E-state index in [-0.39, 0.29) is 10.7 Å². The van der Waals surface area contributed by atoms with Gasteiger partial charge in [0.15, 0.2) is 0 Å². The first-order valence-electron chi connectivity index (χ1n) is 5.29. The molecule has 0 atom stereocenters. The highest BCUT2D eigenvalue weighted by Gasteiger charge is 2.17. The summed E-state index contributed by atoms with van der Waals surface area (Å²) < 4.78 is 26.7. The minimum Gasteiger partial charge on any atom is -0.399 e. The Morgan fingerprint density at radius 3 is 2.67 bits per heavy atom. The molecule has 0 bridgehead atoms. The summed E-state index contributed by atoms with van der Waals surface area (Å²) in [7, 11) is -3.66. The maximum Gasteiger partial charge on any atom is 0.263 e. The topological polar surface area (TPSA) is 85.1 Å². The zero-order chi connectivity index (χ0) is 13.2. The number of anilines is 2. The second-order valence-electron chi connectivity index (χ2n) is 3.85. The quantitative estimate of drug-likeness (QED) is 0.826. The van der Waals surface area contributed by atoms with Crippen LogP contribution in [0.2, 0.25) is 0 Å². The molecular formula is C12H13N3O2S. The molecule has 94 valence electrons. The fourth-order valence-electron chi connectivity index (χ4n) is 1.52. The summed E-state index contributed by atoms with van der Waals surface area (Å²) in [5.74, 6) is 0.277. The molecule has 1 heterocycles. The maximum absolute atomic E-state index is 12.2. The Balaban J connectivity index is 2.40. The van der Waals surface area contributed by atoms with Crippen molar-refractivity contribution in [1.29, 1.82) is 0 Å². The molecular weight excluding hydrogens is 250 g/mol. The third kappa shape index (κ3) is 2.60. The Bertz CT molecular complexity index is 654. The van der Waals surface area contributed by atoms with Crippen LogP contribution in [-0.4, -0.2) is 13.4 Å². The maximum atomic E-state index is 12.2. The van der Waals surface area contributed by atoms with E-state index < -0.39 is 10.0 Å². The van der Waals surface area contributed by atoms with Crippen molar-refractivity contribution in [3.8, 4) is 0 Å². The summed E-state index contributed by atoms with van der Waals surface area (Å²) in [6.07, 6.45) is 1.52. The second-order valence-corrected chi connectivity index (χ2v) is 5.50. The smallest absolute Gasteiger partial charge is 0.263 e. The Kier molecular flexibility index (Phi) is 3.20. The lowest BCUT2D eigenvalue weighted by Crippen LogP contribution is -2.15.